The van der Waals surface area contributed by atoms with Gasteiger partial charge < -0.3 is 10.1 Å². The number of thiophene rings is 2. The predicted molar refractivity (Wildman–Crippen MR) is 126 cm³/mol. The van der Waals surface area contributed by atoms with Gasteiger partial charge in [0, 0.05) is 11.1 Å². The molecule has 0 radical (unpaired) electrons. The molecule has 5 rings (SSSR count). The fraction of sp³-hybridized carbons (Fsp3) is 0.304. The third kappa shape index (κ3) is 3.71. The minimum absolute atomic E-state index is 0.334. The quantitative estimate of drug-likeness (QED) is 0.394. The molecule has 4 aromatic heterocycles. The molecule has 0 saturated heterocycles. The summed E-state index contributed by atoms with van der Waals surface area (Å²) < 4.78 is 7.11. The number of fused-ring (bicyclic) bond motifs is 2. The molecule has 0 fully saturated rings. The number of hydrogen-bond donors (Lipinski definition) is 1. The molecule has 32 heavy (non-hydrogen) atoms. The van der Waals surface area contributed by atoms with E-state index in [1.165, 1.54) is 17.5 Å². The number of esters is 1. The van der Waals surface area contributed by atoms with Crippen molar-refractivity contribution in [3.63, 3.8) is 0 Å². The van der Waals surface area contributed by atoms with E-state index in [9.17, 15) is 9.59 Å². The number of ether oxygens (including phenoxy) is 1. The van der Waals surface area contributed by atoms with Crippen molar-refractivity contribution in [2.75, 3.05) is 11.9 Å². The zero-order valence-electron chi connectivity index (χ0n) is 17.6. The highest BCUT2D eigenvalue weighted by molar-refractivity contribution is 7.17. The van der Waals surface area contributed by atoms with Crippen LogP contribution in [0.3, 0.4) is 0 Å². The van der Waals surface area contributed by atoms with Gasteiger partial charge in [-0.1, -0.05) is 13.0 Å². The van der Waals surface area contributed by atoms with Gasteiger partial charge in [-0.15, -0.1) is 22.7 Å². The van der Waals surface area contributed by atoms with E-state index >= 15 is 0 Å². The SMILES string of the molecule is CCCOC(=O)c1c(NC(=O)c2cnn3c(-c4cccs4)ccnc23)sc2c1CCCC2. The third-order valence-electron chi connectivity index (χ3n) is 5.46. The van der Waals surface area contributed by atoms with Gasteiger partial charge in [-0.25, -0.2) is 14.3 Å². The Morgan fingerprint density at radius 2 is 2.12 bits per heavy atom. The fourth-order valence-electron chi connectivity index (χ4n) is 3.97. The predicted octanol–water partition coefficient (Wildman–Crippen LogP) is 5.22. The molecule has 1 N–H and O–H groups in total. The van der Waals surface area contributed by atoms with Gasteiger partial charge in [-0.2, -0.15) is 5.10 Å². The second-order valence-electron chi connectivity index (χ2n) is 7.61. The minimum atomic E-state index is -0.362. The lowest BCUT2D eigenvalue weighted by atomic mass is 9.95. The fourth-order valence-corrected chi connectivity index (χ4v) is 5.98. The molecule has 4 heterocycles. The van der Waals surface area contributed by atoms with Crippen LogP contribution in [0.1, 0.15) is 57.3 Å². The van der Waals surface area contributed by atoms with Gasteiger partial charge in [0.2, 0.25) is 0 Å². The molecule has 7 nitrogen and oxygen atoms in total. The molecular weight excluding hydrogens is 444 g/mol. The number of nitrogens with one attached hydrogen (secondary N) is 1. The van der Waals surface area contributed by atoms with Gasteiger partial charge in [-0.3, -0.25) is 4.79 Å². The largest absolute Gasteiger partial charge is 0.462 e. The van der Waals surface area contributed by atoms with Crippen molar-refractivity contribution in [3.8, 4) is 10.6 Å². The highest BCUT2D eigenvalue weighted by Gasteiger charge is 2.28. The average Bonchev–Trinajstić information content (AvgIpc) is 3.55. The van der Waals surface area contributed by atoms with E-state index in [0.29, 0.717) is 28.4 Å². The van der Waals surface area contributed by atoms with Crippen LogP contribution in [0.5, 0.6) is 0 Å². The molecule has 0 saturated carbocycles. The lowest BCUT2D eigenvalue weighted by Gasteiger charge is -2.12. The van der Waals surface area contributed by atoms with Crippen LogP contribution in [-0.2, 0) is 17.6 Å². The van der Waals surface area contributed by atoms with Crippen LogP contribution in [0, 0.1) is 0 Å². The number of amides is 1. The van der Waals surface area contributed by atoms with E-state index in [0.717, 1.165) is 53.1 Å². The summed E-state index contributed by atoms with van der Waals surface area (Å²) in [6.07, 6.45) is 7.84. The van der Waals surface area contributed by atoms with Gasteiger partial charge in [0.1, 0.15) is 10.6 Å². The summed E-state index contributed by atoms with van der Waals surface area (Å²) in [5, 5.41) is 9.92. The van der Waals surface area contributed by atoms with Crippen molar-refractivity contribution >= 4 is 45.2 Å². The number of rotatable bonds is 6. The van der Waals surface area contributed by atoms with Crippen molar-refractivity contribution < 1.29 is 14.3 Å². The molecule has 1 aliphatic rings. The molecule has 0 spiro atoms. The zero-order chi connectivity index (χ0) is 22.1. The van der Waals surface area contributed by atoms with Crippen LogP contribution in [0.25, 0.3) is 16.2 Å². The summed E-state index contributed by atoms with van der Waals surface area (Å²) in [7, 11) is 0. The van der Waals surface area contributed by atoms with E-state index in [-0.39, 0.29) is 11.9 Å². The van der Waals surface area contributed by atoms with Crippen molar-refractivity contribution in [1.82, 2.24) is 14.6 Å². The normalized spacial score (nSPS) is 13.2. The summed E-state index contributed by atoms with van der Waals surface area (Å²) in [4.78, 5) is 32.7. The second-order valence-corrected chi connectivity index (χ2v) is 9.66. The van der Waals surface area contributed by atoms with Crippen LogP contribution < -0.4 is 5.32 Å². The highest BCUT2D eigenvalue weighted by atomic mass is 32.1. The topological polar surface area (TPSA) is 85.6 Å². The smallest absolute Gasteiger partial charge is 0.341 e. The third-order valence-corrected chi connectivity index (χ3v) is 7.56. The number of aryl methyl sites for hydroxylation is 1. The molecule has 0 unspecified atom stereocenters. The Kier molecular flexibility index (Phi) is 5.75. The van der Waals surface area contributed by atoms with Gasteiger partial charge in [0.15, 0.2) is 5.65 Å². The van der Waals surface area contributed by atoms with Crippen molar-refractivity contribution in [3.05, 3.63) is 57.5 Å². The lowest BCUT2D eigenvalue weighted by molar-refractivity contribution is 0.0505. The summed E-state index contributed by atoms with van der Waals surface area (Å²) >= 11 is 3.08. The number of anilines is 1. The summed E-state index contributed by atoms with van der Waals surface area (Å²) in [5.41, 5.74) is 3.25. The molecule has 1 amide bonds. The van der Waals surface area contributed by atoms with E-state index in [2.05, 4.69) is 15.4 Å². The molecule has 0 atom stereocenters. The Hall–Kier alpha value is -3.04. The minimum Gasteiger partial charge on any atom is -0.462 e. The molecule has 164 valence electrons. The van der Waals surface area contributed by atoms with Gasteiger partial charge in [-0.05, 0) is 55.2 Å². The van der Waals surface area contributed by atoms with Crippen molar-refractivity contribution in [1.29, 1.82) is 0 Å². The second kappa shape index (κ2) is 8.84. The molecule has 0 bridgehead atoms. The standard InChI is InChI=1S/C23H22N4O3S2/c1-2-11-30-23(29)19-14-6-3-4-7-17(14)32-22(19)26-21(28)15-13-25-27-16(9-10-24-20(15)27)18-8-5-12-31-18/h5,8-10,12-13H,2-4,6-7,11H2,1H3,(H,26,28). The number of hydrogen-bond acceptors (Lipinski definition) is 7. The van der Waals surface area contributed by atoms with Crippen LogP contribution in [0.2, 0.25) is 0 Å². The Morgan fingerprint density at radius 3 is 2.94 bits per heavy atom. The highest BCUT2D eigenvalue weighted by Crippen LogP contribution is 2.39. The zero-order valence-corrected chi connectivity index (χ0v) is 19.2. The molecular formula is C23H22N4O3S2. The first-order chi connectivity index (χ1) is 15.7. The van der Waals surface area contributed by atoms with E-state index in [4.69, 9.17) is 4.74 Å². The number of carbonyl (C=O) groups is 2. The first-order valence-electron chi connectivity index (χ1n) is 10.7. The number of aromatic nitrogens is 3. The Balaban J connectivity index is 1.49. The molecule has 1 aliphatic carbocycles. The first-order valence-corrected chi connectivity index (χ1v) is 12.4. The van der Waals surface area contributed by atoms with E-state index in [1.807, 2.05) is 30.5 Å². The molecule has 0 aliphatic heterocycles. The number of nitrogens with zero attached hydrogens (tertiary/aromatic N) is 3. The molecule has 4 aromatic rings. The molecule has 0 aromatic carbocycles. The van der Waals surface area contributed by atoms with Crippen LogP contribution >= 0.6 is 22.7 Å². The van der Waals surface area contributed by atoms with Crippen LogP contribution in [0.15, 0.2) is 36.0 Å². The maximum atomic E-state index is 13.2. The Bertz CT molecular complexity index is 1290. The maximum Gasteiger partial charge on any atom is 0.341 e. The van der Waals surface area contributed by atoms with E-state index in [1.54, 1.807) is 22.0 Å². The summed E-state index contributed by atoms with van der Waals surface area (Å²) in [6.45, 7) is 2.32. The van der Waals surface area contributed by atoms with Crippen LogP contribution in [-0.4, -0.2) is 33.1 Å². The van der Waals surface area contributed by atoms with Gasteiger partial charge in [0.25, 0.3) is 5.91 Å². The van der Waals surface area contributed by atoms with E-state index < -0.39 is 0 Å². The Labute approximate surface area is 193 Å². The average molecular weight is 467 g/mol. The summed E-state index contributed by atoms with van der Waals surface area (Å²) in [6, 6.07) is 5.86. The van der Waals surface area contributed by atoms with Crippen molar-refractivity contribution in [2.24, 2.45) is 0 Å². The number of carbonyl (C=O) groups excluding carboxylic acids is 2. The van der Waals surface area contributed by atoms with Gasteiger partial charge in [0.05, 0.1) is 28.9 Å². The summed E-state index contributed by atoms with van der Waals surface area (Å²) in [5.74, 6) is -0.696. The first kappa shape index (κ1) is 20.8. The Morgan fingerprint density at radius 1 is 1.25 bits per heavy atom. The van der Waals surface area contributed by atoms with Gasteiger partial charge >= 0.3 is 5.97 Å². The van der Waals surface area contributed by atoms with Crippen molar-refractivity contribution in [2.45, 2.75) is 39.0 Å². The maximum absolute atomic E-state index is 13.2. The lowest BCUT2D eigenvalue weighted by Crippen LogP contribution is -2.16. The molecule has 9 heteroatoms. The van der Waals surface area contributed by atoms with Crippen LogP contribution in [0.4, 0.5) is 5.00 Å². The monoisotopic (exact) mass is 466 g/mol.